The number of pyridine rings is 1. The SMILES string of the molecule is CCCCCCCCOc1c(OCCCC)c2ccc(O)cc2[nH]c1=O. The highest BCUT2D eigenvalue weighted by atomic mass is 16.5. The second kappa shape index (κ2) is 10.7. The summed E-state index contributed by atoms with van der Waals surface area (Å²) in [6, 6.07) is 4.87. The van der Waals surface area contributed by atoms with Crippen LogP contribution in [0.5, 0.6) is 17.2 Å². The van der Waals surface area contributed by atoms with Crippen LogP contribution in [0.2, 0.25) is 0 Å². The third kappa shape index (κ3) is 5.68. The highest BCUT2D eigenvalue weighted by molar-refractivity contribution is 5.88. The number of aromatic amines is 1. The smallest absolute Gasteiger partial charge is 0.294 e. The Kier molecular flexibility index (Phi) is 8.32. The molecule has 5 heteroatoms. The molecule has 1 aromatic carbocycles. The number of H-pyrrole nitrogens is 1. The number of unbranched alkanes of at least 4 members (excludes halogenated alkanes) is 6. The number of benzene rings is 1. The number of hydrogen-bond acceptors (Lipinski definition) is 4. The van der Waals surface area contributed by atoms with E-state index in [4.69, 9.17) is 9.47 Å². The molecular formula is C21H31NO4. The number of phenols is 1. The molecular weight excluding hydrogens is 330 g/mol. The molecule has 0 radical (unpaired) electrons. The van der Waals surface area contributed by atoms with Gasteiger partial charge in [0, 0.05) is 11.5 Å². The lowest BCUT2D eigenvalue weighted by Gasteiger charge is -2.14. The van der Waals surface area contributed by atoms with E-state index in [2.05, 4.69) is 18.8 Å². The van der Waals surface area contributed by atoms with Crippen LogP contribution in [-0.4, -0.2) is 23.3 Å². The van der Waals surface area contributed by atoms with E-state index in [0.717, 1.165) is 31.1 Å². The van der Waals surface area contributed by atoms with Gasteiger partial charge in [-0.1, -0.05) is 52.4 Å². The first-order valence-electron chi connectivity index (χ1n) is 9.82. The average molecular weight is 361 g/mol. The van der Waals surface area contributed by atoms with Crippen molar-refractivity contribution in [1.82, 2.24) is 4.98 Å². The summed E-state index contributed by atoms with van der Waals surface area (Å²) in [5.41, 5.74) is 0.231. The Morgan fingerprint density at radius 2 is 1.54 bits per heavy atom. The minimum absolute atomic E-state index is 0.105. The van der Waals surface area contributed by atoms with Gasteiger partial charge in [-0.15, -0.1) is 0 Å². The fourth-order valence-corrected chi connectivity index (χ4v) is 2.89. The summed E-state index contributed by atoms with van der Waals surface area (Å²) in [4.78, 5) is 15.2. The molecule has 26 heavy (non-hydrogen) atoms. The van der Waals surface area contributed by atoms with Gasteiger partial charge in [0.1, 0.15) is 5.75 Å². The Hall–Kier alpha value is -2.17. The number of ether oxygens (including phenoxy) is 2. The third-order valence-corrected chi connectivity index (χ3v) is 4.40. The van der Waals surface area contributed by atoms with Gasteiger partial charge in [-0.3, -0.25) is 4.79 Å². The van der Waals surface area contributed by atoms with Gasteiger partial charge in [0.25, 0.3) is 5.56 Å². The minimum Gasteiger partial charge on any atom is -0.508 e. The van der Waals surface area contributed by atoms with E-state index in [9.17, 15) is 9.90 Å². The van der Waals surface area contributed by atoms with Crippen LogP contribution < -0.4 is 15.0 Å². The van der Waals surface area contributed by atoms with Crippen molar-refractivity contribution in [3.63, 3.8) is 0 Å². The van der Waals surface area contributed by atoms with Crippen LogP contribution in [0.25, 0.3) is 10.9 Å². The van der Waals surface area contributed by atoms with E-state index in [0.29, 0.717) is 24.5 Å². The Balaban J connectivity index is 2.12. The van der Waals surface area contributed by atoms with Crippen molar-refractivity contribution in [2.75, 3.05) is 13.2 Å². The van der Waals surface area contributed by atoms with Crippen molar-refractivity contribution >= 4 is 10.9 Å². The quantitative estimate of drug-likeness (QED) is 0.513. The zero-order valence-corrected chi connectivity index (χ0v) is 16.0. The van der Waals surface area contributed by atoms with E-state index in [1.54, 1.807) is 12.1 Å². The summed E-state index contributed by atoms with van der Waals surface area (Å²) in [5.74, 6) is 0.824. The minimum atomic E-state index is -0.319. The molecule has 1 heterocycles. The molecule has 0 amide bonds. The van der Waals surface area contributed by atoms with Crippen molar-refractivity contribution in [2.45, 2.75) is 65.2 Å². The summed E-state index contributed by atoms with van der Waals surface area (Å²) in [7, 11) is 0. The predicted octanol–water partition coefficient (Wildman–Crippen LogP) is 5.15. The topological polar surface area (TPSA) is 71.5 Å². The van der Waals surface area contributed by atoms with E-state index in [1.165, 1.54) is 31.7 Å². The molecule has 0 unspecified atom stereocenters. The van der Waals surface area contributed by atoms with E-state index >= 15 is 0 Å². The fourth-order valence-electron chi connectivity index (χ4n) is 2.89. The van der Waals surface area contributed by atoms with Crippen LogP contribution in [-0.2, 0) is 0 Å². The van der Waals surface area contributed by atoms with Crippen molar-refractivity contribution in [3.8, 4) is 17.2 Å². The normalized spacial score (nSPS) is 11.0. The van der Waals surface area contributed by atoms with E-state index < -0.39 is 0 Å². The van der Waals surface area contributed by atoms with Crippen molar-refractivity contribution in [1.29, 1.82) is 0 Å². The molecule has 0 spiro atoms. The maximum absolute atomic E-state index is 12.5. The molecule has 0 saturated carbocycles. The Bertz CT molecular complexity index is 739. The molecule has 0 aliphatic carbocycles. The Morgan fingerprint density at radius 3 is 2.31 bits per heavy atom. The Labute approximate surface area is 155 Å². The first kappa shape index (κ1) is 20.1. The lowest BCUT2D eigenvalue weighted by atomic mass is 10.1. The van der Waals surface area contributed by atoms with Gasteiger partial charge in [-0.05, 0) is 25.0 Å². The highest BCUT2D eigenvalue weighted by Gasteiger charge is 2.16. The van der Waals surface area contributed by atoms with Crippen LogP contribution in [0.4, 0.5) is 0 Å². The molecule has 144 valence electrons. The largest absolute Gasteiger partial charge is 0.508 e. The second-order valence-corrected chi connectivity index (χ2v) is 6.66. The molecule has 0 aliphatic heterocycles. The van der Waals surface area contributed by atoms with E-state index in [1.807, 2.05) is 0 Å². The number of nitrogens with one attached hydrogen (secondary N) is 1. The second-order valence-electron chi connectivity index (χ2n) is 6.66. The molecule has 0 atom stereocenters. The number of aromatic hydroxyl groups is 1. The lowest BCUT2D eigenvalue weighted by Crippen LogP contribution is -2.15. The number of hydrogen-bond donors (Lipinski definition) is 2. The van der Waals surface area contributed by atoms with Crippen LogP contribution >= 0.6 is 0 Å². The zero-order chi connectivity index (χ0) is 18.8. The van der Waals surface area contributed by atoms with Gasteiger partial charge in [0.2, 0.25) is 5.75 Å². The average Bonchev–Trinajstić information content (AvgIpc) is 2.62. The van der Waals surface area contributed by atoms with Crippen molar-refractivity contribution < 1.29 is 14.6 Å². The third-order valence-electron chi connectivity index (χ3n) is 4.40. The van der Waals surface area contributed by atoms with Gasteiger partial charge in [-0.2, -0.15) is 0 Å². The molecule has 0 bridgehead atoms. The van der Waals surface area contributed by atoms with Crippen LogP contribution in [0, 0.1) is 0 Å². The summed E-state index contributed by atoms with van der Waals surface area (Å²) in [6.45, 7) is 5.33. The van der Waals surface area contributed by atoms with Crippen molar-refractivity contribution in [2.24, 2.45) is 0 Å². The van der Waals surface area contributed by atoms with Gasteiger partial charge >= 0.3 is 0 Å². The summed E-state index contributed by atoms with van der Waals surface area (Å²) >= 11 is 0. The number of fused-ring (bicyclic) bond motifs is 1. The molecule has 2 N–H and O–H groups in total. The molecule has 5 nitrogen and oxygen atoms in total. The predicted molar refractivity (Wildman–Crippen MR) is 106 cm³/mol. The summed E-state index contributed by atoms with van der Waals surface area (Å²) < 4.78 is 11.7. The van der Waals surface area contributed by atoms with Crippen molar-refractivity contribution in [3.05, 3.63) is 28.6 Å². The van der Waals surface area contributed by atoms with Gasteiger partial charge in [0.05, 0.1) is 18.7 Å². The first-order valence-corrected chi connectivity index (χ1v) is 9.82. The summed E-state index contributed by atoms with van der Waals surface area (Å²) in [6.07, 6.45) is 8.90. The van der Waals surface area contributed by atoms with Gasteiger partial charge < -0.3 is 19.6 Å². The molecule has 2 rings (SSSR count). The molecule has 0 aliphatic rings. The zero-order valence-electron chi connectivity index (χ0n) is 16.0. The summed E-state index contributed by atoms with van der Waals surface area (Å²) in [5, 5.41) is 10.4. The van der Waals surface area contributed by atoms with Gasteiger partial charge in [0.15, 0.2) is 5.75 Å². The maximum atomic E-state index is 12.5. The van der Waals surface area contributed by atoms with Crippen LogP contribution in [0.3, 0.4) is 0 Å². The molecule has 0 saturated heterocycles. The highest BCUT2D eigenvalue weighted by Crippen LogP contribution is 2.33. The van der Waals surface area contributed by atoms with E-state index in [-0.39, 0.29) is 17.1 Å². The molecule has 1 aromatic heterocycles. The van der Waals surface area contributed by atoms with Gasteiger partial charge in [-0.25, -0.2) is 0 Å². The number of rotatable bonds is 12. The fraction of sp³-hybridized carbons (Fsp3) is 0.571. The Morgan fingerprint density at radius 1 is 0.885 bits per heavy atom. The van der Waals surface area contributed by atoms with Crippen LogP contribution in [0.1, 0.15) is 65.2 Å². The maximum Gasteiger partial charge on any atom is 0.294 e. The van der Waals surface area contributed by atoms with Crippen LogP contribution in [0.15, 0.2) is 23.0 Å². The molecule has 2 aromatic rings. The number of aromatic nitrogens is 1. The number of phenolic OH excluding ortho intramolecular Hbond substituents is 1. The first-order chi connectivity index (χ1) is 12.7. The monoisotopic (exact) mass is 361 g/mol. The standard InChI is InChI=1S/C21H31NO4/c1-3-5-7-8-9-10-14-26-20-19(25-13-6-4-2)17-12-11-16(23)15-18(17)22-21(20)24/h11-12,15,23H,3-10,13-14H2,1-2H3,(H,22,24). The lowest BCUT2D eigenvalue weighted by molar-refractivity contribution is 0.259. The molecule has 0 fully saturated rings.